The Kier molecular flexibility index (Phi) is 5.75. The molecule has 2 rings (SSSR count). The molecule has 112 valence electrons. The summed E-state index contributed by atoms with van der Waals surface area (Å²) in [4.78, 5) is 0. The third-order valence-electron chi connectivity index (χ3n) is 3.49. The Labute approximate surface area is 131 Å². The molecule has 0 fully saturated rings. The maximum Gasteiger partial charge on any atom is 0.166 e. The smallest absolute Gasteiger partial charge is 0.166 e. The van der Waals surface area contributed by atoms with Crippen LogP contribution in [0.1, 0.15) is 23.7 Å². The lowest BCUT2D eigenvalue weighted by atomic mass is 10.1. The molecule has 0 aliphatic heterocycles. The first-order valence-electron chi connectivity index (χ1n) is 7.27. The third-order valence-corrected chi connectivity index (χ3v) is 3.77. The molecular weight excluding hydrogens is 280 g/mol. The van der Waals surface area contributed by atoms with E-state index >= 15 is 0 Å². The van der Waals surface area contributed by atoms with E-state index in [4.69, 9.17) is 12.2 Å². The van der Waals surface area contributed by atoms with E-state index in [9.17, 15) is 0 Å². The Morgan fingerprint density at radius 3 is 2.67 bits per heavy atom. The van der Waals surface area contributed by atoms with Crippen LogP contribution in [-0.4, -0.2) is 21.4 Å². The van der Waals surface area contributed by atoms with Gasteiger partial charge in [0.1, 0.15) is 0 Å². The Balaban J connectivity index is 1.71. The van der Waals surface area contributed by atoms with Crippen molar-refractivity contribution in [3.05, 3.63) is 53.3 Å². The second kappa shape index (κ2) is 7.78. The van der Waals surface area contributed by atoms with Crippen LogP contribution in [-0.2, 0) is 19.5 Å². The first-order chi connectivity index (χ1) is 10.2. The topological polar surface area (TPSA) is 41.9 Å². The number of hydrogen-bond donors (Lipinski definition) is 2. The normalized spacial score (nSPS) is 10.4. The Hall–Kier alpha value is -1.88. The number of benzene rings is 1. The summed E-state index contributed by atoms with van der Waals surface area (Å²) in [5.74, 6) is 0. The molecule has 0 saturated carbocycles. The Morgan fingerprint density at radius 1 is 1.24 bits per heavy atom. The molecule has 1 heterocycles. The average Bonchev–Trinajstić information content (AvgIpc) is 2.86. The second-order valence-corrected chi connectivity index (χ2v) is 5.32. The van der Waals surface area contributed by atoms with Crippen molar-refractivity contribution in [2.75, 3.05) is 6.54 Å². The molecule has 0 saturated heterocycles. The lowest BCUT2D eigenvalue weighted by molar-refractivity contribution is 0.637. The lowest BCUT2D eigenvalue weighted by Gasteiger charge is -2.10. The van der Waals surface area contributed by atoms with Gasteiger partial charge in [-0.2, -0.15) is 5.10 Å². The minimum absolute atomic E-state index is 0.689. The van der Waals surface area contributed by atoms with Gasteiger partial charge in [-0.3, -0.25) is 4.68 Å². The van der Waals surface area contributed by atoms with Gasteiger partial charge in [0.2, 0.25) is 0 Å². The average molecular weight is 302 g/mol. The van der Waals surface area contributed by atoms with Crippen molar-refractivity contribution in [3.8, 4) is 0 Å². The third kappa shape index (κ3) is 4.56. The number of rotatable bonds is 6. The molecule has 4 nitrogen and oxygen atoms in total. The fourth-order valence-corrected chi connectivity index (χ4v) is 2.35. The molecule has 2 aromatic rings. The number of nitrogens with zero attached hydrogens (tertiary/aromatic N) is 2. The van der Waals surface area contributed by atoms with E-state index in [2.05, 4.69) is 53.8 Å². The van der Waals surface area contributed by atoms with Gasteiger partial charge in [-0.1, -0.05) is 30.3 Å². The van der Waals surface area contributed by atoms with Crippen LogP contribution < -0.4 is 10.6 Å². The van der Waals surface area contributed by atoms with Crippen LogP contribution in [0, 0.1) is 6.92 Å². The van der Waals surface area contributed by atoms with E-state index in [-0.39, 0.29) is 0 Å². The molecule has 0 unspecified atom stereocenters. The fraction of sp³-hybridized carbons (Fsp3) is 0.375. The van der Waals surface area contributed by atoms with Crippen LogP contribution in [0.2, 0.25) is 0 Å². The Morgan fingerprint density at radius 2 is 2.00 bits per heavy atom. The number of thiocarbonyl (C=S) groups is 1. The van der Waals surface area contributed by atoms with Gasteiger partial charge in [-0.15, -0.1) is 0 Å². The van der Waals surface area contributed by atoms with E-state index in [1.165, 1.54) is 16.8 Å². The SMILES string of the molecule is CCn1ncc(CNC(=S)NCCc2ccccc2)c1C. The molecule has 1 aromatic carbocycles. The summed E-state index contributed by atoms with van der Waals surface area (Å²) < 4.78 is 1.99. The predicted molar refractivity (Wildman–Crippen MR) is 90.2 cm³/mol. The molecular formula is C16H22N4S. The summed E-state index contributed by atoms with van der Waals surface area (Å²) in [6.45, 7) is 6.62. The van der Waals surface area contributed by atoms with Gasteiger partial charge >= 0.3 is 0 Å². The number of aromatic nitrogens is 2. The molecule has 0 spiro atoms. The van der Waals surface area contributed by atoms with Crippen molar-refractivity contribution in [1.82, 2.24) is 20.4 Å². The molecule has 0 bridgehead atoms. The molecule has 2 N–H and O–H groups in total. The monoisotopic (exact) mass is 302 g/mol. The van der Waals surface area contributed by atoms with Crippen LogP contribution in [0.4, 0.5) is 0 Å². The van der Waals surface area contributed by atoms with E-state index in [1.54, 1.807) is 0 Å². The molecule has 0 aliphatic carbocycles. The summed E-state index contributed by atoms with van der Waals surface area (Å²) in [5.41, 5.74) is 3.69. The molecule has 0 atom stereocenters. The molecule has 0 aliphatic rings. The van der Waals surface area contributed by atoms with Crippen LogP contribution in [0.25, 0.3) is 0 Å². The van der Waals surface area contributed by atoms with Crippen molar-refractivity contribution in [1.29, 1.82) is 0 Å². The highest BCUT2D eigenvalue weighted by atomic mass is 32.1. The van der Waals surface area contributed by atoms with Gasteiger partial charge in [0.25, 0.3) is 0 Å². The first-order valence-corrected chi connectivity index (χ1v) is 7.68. The summed E-state index contributed by atoms with van der Waals surface area (Å²) >= 11 is 5.30. The van der Waals surface area contributed by atoms with Crippen molar-refractivity contribution in [2.45, 2.75) is 33.4 Å². The highest BCUT2D eigenvalue weighted by Crippen LogP contribution is 2.06. The second-order valence-electron chi connectivity index (χ2n) is 4.92. The van der Waals surface area contributed by atoms with E-state index in [0.29, 0.717) is 11.7 Å². The molecule has 0 amide bonds. The maximum atomic E-state index is 5.30. The summed E-state index contributed by atoms with van der Waals surface area (Å²) in [6.07, 6.45) is 2.87. The summed E-state index contributed by atoms with van der Waals surface area (Å²) in [5, 5.41) is 11.5. The van der Waals surface area contributed by atoms with E-state index in [1.807, 2.05) is 16.9 Å². The number of aryl methyl sites for hydroxylation is 1. The zero-order chi connectivity index (χ0) is 15.1. The van der Waals surface area contributed by atoms with Gasteiger partial charge < -0.3 is 10.6 Å². The van der Waals surface area contributed by atoms with E-state index < -0.39 is 0 Å². The van der Waals surface area contributed by atoms with Crippen LogP contribution in [0.5, 0.6) is 0 Å². The van der Waals surface area contributed by atoms with Gasteiger partial charge in [-0.05, 0) is 38.0 Å². The quantitative estimate of drug-likeness (QED) is 0.804. The zero-order valence-electron chi connectivity index (χ0n) is 12.6. The van der Waals surface area contributed by atoms with Crippen LogP contribution >= 0.6 is 12.2 Å². The van der Waals surface area contributed by atoms with Gasteiger partial charge in [0, 0.05) is 30.9 Å². The summed E-state index contributed by atoms with van der Waals surface area (Å²) in [7, 11) is 0. The standard InChI is InChI=1S/C16H22N4S/c1-3-20-13(2)15(12-19-20)11-18-16(21)17-10-9-14-7-5-4-6-8-14/h4-8,12H,3,9-11H2,1-2H3,(H2,17,18,21). The molecule has 1 aromatic heterocycles. The van der Waals surface area contributed by atoms with Crippen molar-refractivity contribution in [3.63, 3.8) is 0 Å². The minimum atomic E-state index is 0.689. The molecule has 21 heavy (non-hydrogen) atoms. The zero-order valence-corrected chi connectivity index (χ0v) is 13.4. The van der Waals surface area contributed by atoms with E-state index in [0.717, 1.165) is 19.5 Å². The maximum absolute atomic E-state index is 5.30. The summed E-state index contributed by atoms with van der Waals surface area (Å²) in [6, 6.07) is 10.4. The van der Waals surface area contributed by atoms with Gasteiger partial charge in [0.15, 0.2) is 5.11 Å². The minimum Gasteiger partial charge on any atom is -0.362 e. The number of hydrogen-bond acceptors (Lipinski definition) is 2. The van der Waals surface area contributed by atoms with Crippen molar-refractivity contribution in [2.24, 2.45) is 0 Å². The van der Waals surface area contributed by atoms with Gasteiger partial charge in [-0.25, -0.2) is 0 Å². The Bertz CT molecular complexity index is 577. The predicted octanol–water partition coefficient (Wildman–Crippen LogP) is 2.42. The van der Waals surface area contributed by atoms with Crippen molar-refractivity contribution >= 4 is 17.3 Å². The van der Waals surface area contributed by atoms with Crippen LogP contribution in [0.15, 0.2) is 36.5 Å². The van der Waals surface area contributed by atoms with Crippen LogP contribution in [0.3, 0.4) is 0 Å². The van der Waals surface area contributed by atoms with Crippen molar-refractivity contribution < 1.29 is 0 Å². The molecule has 5 heteroatoms. The lowest BCUT2D eigenvalue weighted by Crippen LogP contribution is -2.36. The van der Waals surface area contributed by atoms with Gasteiger partial charge in [0.05, 0.1) is 6.20 Å². The largest absolute Gasteiger partial charge is 0.362 e. The first kappa shape index (κ1) is 15.5. The highest BCUT2D eigenvalue weighted by Gasteiger charge is 2.05. The highest BCUT2D eigenvalue weighted by molar-refractivity contribution is 7.80. The molecule has 0 radical (unpaired) electrons. The number of nitrogens with one attached hydrogen (secondary N) is 2. The fourth-order valence-electron chi connectivity index (χ4n) is 2.18.